The van der Waals surface area contributed by atoms with Gasteiger partial charge in [0.1, 0.15) is 0 Å². The number of carboxylic acid groups (broad SMARTS) is 1. The van der Waals surface area contributed by atoms with Crippen molar-refractivity contribution >= 4 is 51.2 Å². The van der Waals surface area contributed by atoms with E-state index in [1.165, 1.54) is 6.07 Å². The Labute approximate surface area is 150 Å². The predicted molar refractivity (Wildman–Crippen MR) is 94.3 cm³/mol. The molecule has 0 bridgehead atoms. The number of benzene rings is 2. The van der Waals surface area contributed by atoms with Crippen LogP contribution in [0.15, 0.2) is 57.9 Å². The number of imide groups is 1. The molecule has 7 heteroatoms. The normalized spacial score (nSPS) is 17.4. The van der Waals surface area contributed by atoms with E-state index in [1.807, 2.05) is 0 Å². The van der Waals surface area contributed by atoms with Gasteiger partial charge in [0.2, 0.25) is 11.8 Å². The van der Waals surface area contributed by atoms with E-state index in [9.17, 15) is 19.5 Å². The summed E-state index contributed by atoms with van der Waals surface area (Å²) in [5, 5.41) is 8.61. The lowest BCUT2D eigenvalue weighted by Gasteiger charge is -2.15. The van der Waals surface area contributed by atoms with Crippen molar-refractivity contribution < 1.29 is 19.5 Å². The summed E-state index contributed by atoms with van der Waals surface area (Å²) in [4.78, 5) is 37.8. The van der Waals surface area contributed by atoms with Crippen molar-refractivity contribution in [2.24, 2.45) is 0 Å². The molecule has 0 spiro atoms. The van der Waals surface area contributed by atoms with Crippen LogP contribution in [0.5, 0.6) is 0 Å². The summed E-state index contributed by atoms with van der Waals surface area (Å²) in [6, 6.07) is 13.4. The van der Waals surface area contributed by atoms with Crippen LogP contribution < -0.4 is 4.90 Å². The molecular weight excluding hydrogens is 394 g/mol. The van der Waals surface area contributed by atoms with Gasteiger partial charge in [-0.15, -0.1) is 11.8 Å². The van der Waals surface area contributed by atoms with Gasteiger partial charge in [-0.25, -0.2) is 9.69 Å². The Morgan fingerprint density at radius 3 is 2.46 bits per heavy atom. The smallest absolute Gasteiger partial charge is 0.336 e. The predicted octanol–water partition coefficient (Wildman–Crippen LogP) is 3.57. The van der Waals surface area contributed by atoms with Crippen LogP contribution in [0.4, 0.5) is 5.69 Å². The van der Waals surface area contributed by atoms with E-state index in [-0.39, 0.29) is 23.8 Å². The van der Waals surface area contributed by atoms with Gasteiger partial charge in [-0.05, 0) is 36.4 Å². The molecule has 1 saturated heterocycles. The number of anilines is 1. The lowest BCUT2D eigenvalue weighted by atomic mass is 10.2. The van der Waals surface area contributed by atoms with Crippen molar-refractivity contribution in [3.05, 3.63) is 58.6 Å². The van der Waals surface area contributed by atoms with Crippen molar-refractivity contribution in [2.75, 3.05) is 4.90 Å². The number of nitrogens with zero attached hydrogens (tertiary/aromatic N) is 1. The average molecular weight is 406 g/mol. The quantitative estimate of drug-likeness (QED) is 0.786. The fourth-order valence-corrected chi connectivity index (χ4v) is 3.90. The SMILES string of the molecule is O=C(O)c1ccccc1SC1CC(=O)N(c2ccc(Br)cc2)C1=O. The molecule has 1 unspecified atom stereocenters. The van der Waals surface area contributed by atoms with Gasteiger partial charge in [0.05, 0.1) is 16.5 Å². The fraction of sp³-hybridized carbons (Fsp3) is 0.118. The highest BCUT2D eigenvalue weighted by Gasteiger charge is 2.40. The maximum absolute atomic E-state index is 12.6. The minimum atomic E-state index is -1.06. The lowest BCUT2D eigenvalue weighted by molar-refractivity contribution is -0.121. The summed E-state index contributed by atoms with van der Waals surface area (Å²) in [5.41, 5.74) is 0.646. The molecule has 1 aliphatic heterocycles. The highest BCUT2D eigenvalue weighted by molar-refractivity contribution is 9.10. The Balaban J connectivity index is 1.85. The van der Waals surface area contributed by atoms with Gasteiger partial charge in [0.15, 0.2) is 0 Å². The highest BCUT2D eigenvalue weighted by atomic mass is 79.9. The molecule has 0 radical (unpaired) electrons. The summed E-state index contributed by atoms with van der Waals surface area (Å²) < 4.78 is 0.853. The van der Waals surface area contributed by atoms with Crippen LogP contribution in [0.3, 0.4) is 0 Å². The minimum Gasteiger partial charge on any atom is -0.478 e. The van der Waals surface area contributed by atoms with Crippen molar-refractivity contribution in [2.45, 2.75) is 16.6 Å². The average Bonchev–Trinajstić information content (AvgIpc) is 2.83. The van der Waals surface area contributed by atoms with E-state index in [4.69, 9.17) is 0 Å². The Morgan fingerprint density at radius 2 is 1.79 bits per heavy atom. The first-order chi connectivity index (χ1) is 11.5. The van der Waals surface area contributed by atoms with Gasteiger partial charge in [-0.3, -0.25) is 9.59 Å². The summed E-state index contributed by atoms with van der Waals surface area (Å²) in [5.74, 6) is -1.67. The Hall–Kier alpha value is -2.12. The van der Waals surface area contributed by atoms with Crippen LogP contribution in [-0.4, -0.2) is 28.1 Å². The zero-order chi connectivity index (χ0) is 17.3. The Kier molecular flexibility index (Phi) is 4.73. The largest absolute Gasteiger partial charge is 0.478 e. The summed E-state index contributed by atoms with van der Waals surface area (Å²) in [6.07, 6.45) is 0.0491. The molecule has 2 aromatic carbocycles. The maximum Gasteiger partial charge on any atom is 0.336 e. The molecule has 1 fully saturated rings. The minimum absolute atomic E-state index is 0.0491. The van der Waals surface area contributed by atoms with E-state index < -0.39 is 11.2 Å². The second-order valence-corrected chi connectivity index (χ2v) is 7.32. The summed E-state index contributed by atoms with van der Waals surface area (Å²) in [7, 11) is 0. The molecule has 1 heterocycles. The highest BCUT2D eigenvalue weighted by Crippen LogP contribution is 2.35. The molecular formula is C17H12BrNO4S. The third-order valence-corrected chi connectivity index (χ3v) is 5.37. The van der Waals surface area contributed by atoms with E-state index in [2.05, 4.69) is 15.9 Å². The second-order valence-electron chi connectivity index (χ2n) is 5.16. The number of hydrogen-bond donors (Lipinski definition) is 1. The lowest BCUT2D eigenvalue weighted by Crippen LogP contribution is -2.31. The summed E-state index contributed by atoms with van der Waals surface area (Å²) >= 11 is 4.43. The molecule has 3 rings (SSSR count). The van der Waals surface area contributed by atoms with Crippen molar-refractivity contribution in [3.8, 4) is 0 Å². The van der Waals surface area contributed by atoms with Crippen molar-refractivity contribution in [3.63, 3.8) is 0 Å². The molecule has 5 nitrogen and oxygen atoms in total. The number of carbonyl (C=O) groups excluding carboxylic acids is 2. The van der Waals surface area contributed by atoms with Crippen LogP contribution >= 0.6 is 27.7 Å². The van der Waals surface area contributed by atoms with Crippen LogP contribution in [-0.2, 0) is 9.59 Å². The Bertz CT molecular complexity index is 822. The Morgan fingerprint density at radius 1 is 1.12 bits per heavy atom. The number of thioether (sulfide) groups is 1. The number of hydrogen-bond acceptors (Lipinski definition) is 4. The fourth-order valence-electron chi connectivity index (χ4n) is 2.46. The molecule has 2 aromatic rings. The van der Waals surface area contributed by atoms with Crippen molar-refractivity contribution in [1.29, 1.82) is 0 Å². The molecule has 2 amide bonds. The molecule has 122 valence electrons. The van der Waals surface area contributed by atoms with Gasteiger partial charge in [-0.2, -0.15) is 0 Å². The first-order valence-electron chi connectivity index (χ1n) is 7.08. The van der Waals surface area contributed by atoms with Gasteiger partial charge in [-0.1, -0.05) is 28.1 Å². The third kappa shape index (κ3) is 3.22. The molecule has 24 heavy (non-hydrogen) atoms. The first-order valence-corrected chi connectivity index (χ1v) is 8.76. The number of rotatable bonds is 4. The topological polar surface area (TPSA) is 74.7 Å². The molecule has 0 aromatic heterocycles. The molecule has 1 atom stereocenters. The van der Waals surface area contributed by atoms with E-state index in [1.54, 1.807) is 42.5 Å². The van der Waals surface area contributed by atoms with Gasteiger partial charge < -0.3 is 5.11 Å². The molecule has 0 saturated carbocycles. The molecule has 1 aliphatic rings. The first kappa shape index (κ1) is 16.7. The zero-order valence-electron chi connectivity index (χ0n) is 12.3. The summed E-state index contributed by atoms with van der Waals surface area (Å²) in [6.45, 7) is 0. The van der Waals surface area contributed by atoms with Crippen LogP contribution in [0.2, 0.25) is 0 Å². The maximum atomic E-state index is 12.6. The van der Waals surface area contributed by atoms with Gasteiger partial charge in [0, 0.05) is 15.8 Å². The second kappa shape index (κ2) is 6.78. The monoisotopic (exact) mass is 405 g/mol. The number of halogens is 1. The third-order valence-electron chi connectivity index (χ3n) is 3.58. The van der Waals surface area contributed by atoms with E-state index in [0.29, 0.717) is 10.6 Å². The number of aromatic carboxylic acids is 1. The van der Waals surface area contributed by atoms with Crippen LogP contribution in [0, 0.1) is 0 Å². The number of carboxylic acids is 1. The van der Waals surface area contributed by atoms with Crippen molar-refractivity contribution in [1.82, 2.24) is 0 Å². The van der Waals surface area contributed by atoms with Gasteiger partial charge in [0.25, 0.3) is 0 Å². The zero-order valence-corrected chi connectivity index (χ0v) is 14.7. The number of amides is 2. The standard InChI is InChI=1S/C17H12BrNO4S/c18-10-5-7-11(8-6-10)19-15(20)9-14(16(19)21)24-13-4-2-1-3-12(13)17(22)23/h1-8,14H,9H2,(H,22,23). The van der Waals surface area contributed by atoms with Crippen LogP contribution in [0.1, 0.15) is 16.8 Å². The molecule has 0 aliphatic carbocycles. The van der Waals surface area contributed by atoms with Crippen LogP contribution in [0.25, 0.3) is 0 Å². The number of carbonyl (C=O) groups is 3. The van der Waals surface area contributed by atoms with Gasteiger partial charge >= 0.3 is 5.97 Å². The van der Waals surface area contributed by atoms with E-state index >= 15 is 0 Å². The van der Waals surface area contributed by atoms with E-state index in [0.717, 1.165) is 21.1 Å². The molecule has 1 N–H and O–H groups in total.